The largest absolute Gasteiger partial charge is 0.390 e. The fourth-order valence-corrected chi connectivity index (χ4v) is 2.23. The molecule has 0 saturated carbocycles. The minimum absolute atomic E-state index is 0.0168. The molecule has 0 heterocycles. The zero-order chi connectivity index (χ0) is 13.8. The fourth-order valence-electron chi connectivity index (χ4n) is 1.32. The summed E-state index contributed by atoms with van der Waals surface area (Å²) in [6.07, 6.45) is 0.843. The normalized spacial score (nSPS) is 15.3. The Labute approximate surface area is 109 Å². The van der Waals surface area contributed by atoms with Gasteiger partial charge in [0.15, 0.2) is 0 Å². The van der Waals surface area contributed by atoms with Crippen LogP contribution < -0.4 is 0 Å². The lowest BCUT2D eigenvalue weighted by molar-refractivity contribution is 0.0342. The van der Waals surface area contributed by atoms with Crippen LogP contribution in [0.2, 0.25) is 0 Å². The van der Waals surface area contributed by atoms with Crippen molar-refractivity contribution in [3.63, 3.8) is 0 Å². The number of aliphatic hydroxyl groups is 1. The summed E-state index contributed by atoms with van der Waals surface area (Å²) >= 11 is 0. The van der Waals surface area contributed by atoms with Crippen LogP contribution in [0, 0.1) is 6.92 Å². The van der Waals surface area contributed by atoms with E-state index >= 15 is 0 Å². The molecule has 0 aromatic heterocycles. The molecule has 0 bridgehead atoms. The molecule has 0 radical (unpaired) electrons. The van der Waals surface area contributed by atoms with E-state index in [4.69, 9.17) is 4.18 Å². The lowest BCUT2D eigenvalue weighted by Gasteiger charge is -2.20. The summed E-state index contributed by atoms with van der Waals surface area (Å²) in [6.45, 7) is 5.37. The highest BCUT2D eigenvalue weighted by molar-refractivity contribution is 7.86. The molecule has 0 amide bonds. The van der Waals surface area contributed by atoms with Crippen molar-refractivity contribution in [3.8, 4) is 0 Å². The minimum atomic E-state index is -3.72. The van der Waals surface area contributed by atoms with Crippen LogP contribution in [0.3, 0.4) is 0 Å². The quantitative estimate of drug-likeness (QED) is 0.807. The Morgan fingerprint density at radius 2 is 1.83 bits per heavy atom. The molecule has 0 spiro atoms. The lowest BCUT2D eigenvalue weighted by Crippen LogP contribution is -2.25. The zero-order valence-electron chi connectivity index (χ0n) is 11.0. The van der Waals surface area contributed by atoms with E-state index in [2.05, 4.69) is 0 Å². The molecule has 102 valence electrons. The van der Waals surface area contributed by atoms with Gasteiger partial charge in [-0.3, -0.25) is 4.18 Å². The second-order valence-electron chi connectivity index (χ2n) is 4.69. The lowest BCUT2D eigenvalue weighted by atomic mass is 10.0. The van der Waals surface area contributed by atoms with Crippen LogP contribution in [0.1, 0.15) is 32.3 Å². The van der Waals surface area contributed by atoms with Crippen molar-refractivity contribution in [3.05, 3.63) is 29.8 Å². The molecule has 1 N–H and O–H groups in total. The molecule has 5 heteroatoms. The van der Waals surface area contributed by atoms with Crippen molar-refractivity contribution in [1.82, 2.24) is 0 Å². The predicted molar refractivity (Wildman–Crippen MR) is 69.8 cm³/mol. The van der Waals surface area contributed by atoms with Gasteiger partial charge in [-0.15, -0.1) is 0 Å². The van der Waals surface area contributed by atoms with Gasteiger partial charge in [0.25, 0.3) is 10.1 Å². The molecule has 1 atom stereocenters. The summed E-state index contributed by atoms with van der Waals surface area (Å²) < 4.78 is 28.5. The highest BCUT2D eigenvalue weighted by atomic mass is 32.2. The summed E-state index contributed by atoms with van der Waals surface area (Å²) in [5.74, 6) is 0. The van der Waals surface area contributed by atoms with Gasteiger partial charge in [-0.1, -0.05) is 24.6 Å². The Morgan fingerprint density at radius 1 is 1.28 bits per heavy atom. The van der Waals surface area contributed by atoms with E-state index in [1.165, 1.54) is 12.1 Å². The smallest absolute Gasteiger partial charge is 0.296 e. The van der Waals surface area contributed by atoms with Gasteiger partial charge < -0.3 is 5.11 Å². The fraction of sp³-hybridized carbons (Fsp3) is 0.538. The number of hydrogen-bond acceptors (Lipinski definition) is 4. The van der Waals surface area contributed by atoms with E-state index in [0.717, 1.165) is 5.56 Å². The Bertz CT molecular complexity index is 474. The number of hydrogen-bond donors (Lipinski definition) is 1. The van der Waals surface area contributed by atoms with Gasteiger partial charge in [0, 0.05) is 6.42 Å². The second kappa shape index (κ2) is 5.82. The molecule has 1 aromatic rings. The van der Waals surface area contributed by atoms with Crippen molar-refractivity contribution in [2.75, 3.05) is 6.61 Å². The standard InChI is InChI=1S/C13H20O4S/c1-4-13(3,14)9-10-17-18(15,16)12-7-5-11(2)6-8-12/h5-8,14H,4,9-10H2,1-3H3. The molecule has 0 aliphatic rings. The van der Waals surface area contributed by atoms with Crippen molar-refractivity contribution < 1.29 is 17.7 Å². The maximum atomic E-state index is 11.8. The molecule has 1 rings (SSSR count). The summed E-state index contributed by atoms with van der Waals surface area (Å²) in [4.78, 5) is 0.143. The molecule has 0 fully saturated rings. The highest BCUT2D eigenvalue weighted by Crippen LogP contribution is 2.17. The molecule has 0 saturated heterocycles. The van der Waals surface area contributed by atoms with Gasteiger partial charge in [0.05, 0.1) is 17.1 Å². The van der Waals surface area contributed by atoms with Crippen LogP contribution in [-0.4, -0.2) is 25.7 Å². The number of benzene rings is 1. The van der Waals surface area contributed by atoms with E-state index < -0.39 is 15.7 Å². The molecule has 1 unspecified atom stereocenters. The SMILES string of the molecule is CCC(C)(O)CCOS(=O)(=O)c1ccc(C)cc1. The summed E-state index contributed by atoms with van der Waals surface area (Å²) in [5, 5.41) is 9.75. The van der Waals surface area contributed by atoms with Crippen LogP contribution >= 0.6 is 0 Å². The topological polar surface area (TPSA) is 63.6 Å². The summed E-state index contributed by atoms with van der Waals surface area (Å²) in [6, 6.07) is 6.47. The van der Waals surface area contributed by atoms with Crippen LogP contribution in [0.5, 0.6) is 0 Å². The Hall–Kier alpha value is -0.910. The molecule has 1 aromatic carbocycles. The molecular weight excluding hydrogens is 252 g/mol. The maximum absolute atomic E-state index is 11.8. The Kier molecular flexibility index (Phi) is 4.90. The van der Waals surface area contributed by atoms with Crippen molar-refractivity contribution in [1.29, 1.82) is 0 Å². The van der Waals surface area contributed by atoms with E-state index in [-0.39, 0.29) is 17.9 Å². The summed E-state index contributed by atoms with van der Waals surface area (Å²) in [7, 11) is -3.72. The first-order valence-corrected chi connectivity index (χ1v) is 7.36. The monoisotopic (exact) mass is 272 g/mol. The first-order chi connectivity index (χ1) is 8.27. The van der Waals surface area contributed by atoms with Crippen molar-refractivity contribution >= 4 is 10.1 Å². The van der Waals surface area contributed by atoms with Crippen LogP contribution in [0.4, 0.5) is 0 Å². The van der Waals surface area contributed by atoms with E-state index in [1.54, 1.807) is 19.1 Å². The zero-order valence-corrected chi connectivity index (χ0v) is 11.8. The van der Waals surface area contributed by atoms with Crippen molar-refractivity contribution in [2.45, 2.75) is 44.1 Å². The predicted octanol–water partition coefficient (Wildman–Crippen LogP) is 2.25. The average Bonchev–Trinajstić information content (AvgIpc) is 2.29. The van der Waals surface area contributed by atoms with Crippen LogP contribution in [0.25, 0.3) is 0 Å². The van der Waals surface area contributed by atoms with E-state index in [9.17, 15) is 13.5 Å². The minimum Gasteiger partial charge on any atom is -0.390 e. The van der Waals surface area contributed by atoms with Gasteiger partial charge in [-0.25, -0.2) is 0 Å². The molecule has 18 heavy (non-hydrogen) atoms. The third-order valence-corrected chi connectivity index (χ3v) is 4.28. The first kappa shape index (κ1) is 15.1. The molecule has 4 nitrogen and oxygen atoms in total. The Morgan fingerprint density at radius 3 is 2.33 bits per heavy atom. The highest BCUT2D eigenvalue weighted by Gasteiger charge is 2.20. The van der Waals surface area contributed by atoms with Gasteiger partial charge in [-0.05, 0) is 32.4 Å². The molecule has 0 aliphatic carbocycles. The molecular formula is C13H20O4S. The van der Waals surface area contributed by atoms with Gasteiger partial charge in [-0.2, -0.15) is 8.42 Å². The van der Waals surface area contributed by atoms with Crippen LogP contribution in [0.15, 0.2) is 29.2 Å². The number of rotatable bonds is 6. The Balaban J connectivity index is 2.63. The average molecular weight is 272 g/mol. The second-order valence-corrected chi connectivity index (χ2v) is 6.31. The third-order valence-electron chi connectivity index (χ3n) is 2.95. The summed E-state index contributed by atoms with van der Waals surface area (Å²) in [5.41, 5.74) is 0.103. The van der Waals surface area contributed by atoms with Crippen LogP contribution in [-0.2, 0) is 14.3 Å². The van der Waals surface area contributed by atoms with E-state index in [1.807, 2.05) is 13.8 Å². The van der Waals surface area contributed by atoms with E-state index in [0.29, 0.717) is 6.42 Å². The maximum Gasteiger partial charge on any atom is 0.296 e. The van der Waals surface area contributed by atoms with Gasteiger partial charge in [0.1, 0.15) is 0 Å². The van der Waals surface area contributed by atoms with Gasteiger partial charge in [0.2, 0.25) is 0 Å². The van der Waals surface area contributed by atoms with Gasteiger partial charge >= 0.3 is 0 Å². The third kappa shape index (κ3) is 4.40. The molecule has 0 aliphatic heterocycles. The first-order valence-electron chi connectivity index (χ1n) is 5.95. The number of aryl methyl sites for hydroxylation is 1. The van der Waals surface area contributed by atoms with Crippen molar-refractivity contribution in [2.24, 2.45) is 0 Å².